The first kappa shape index (κ1) is 14.0. The molecule has 0 aliphatic carbocycles. The molecule has 1 heterocycles. The van der Waals surface area contributed by atoms with Gasteiger partial charge in [-0.05, 0) is 25.1 Å². The van der Waals surface area contributed by atoms with Gasteiger partial charge in [-0.1, -0.05) is 12.1 Å². The number of benzene rings is 1. The fraction of sp³-hybridized carbons (Fsp3) is 0.267. The lowest BCUT2D eigenvalue weighted by Gasteiger charge is -2.14. The van der Waals surface area contributed by atoms with E-state index in [1.807, 2.05) is 12.1 Å². The van der Waals surface area contributed by atoms with E-state index in [0.29, 0.717) is 12.1 Å². The van der Waals surface area contributed by atoms with E-state index < -0.39 is 12.1 Å². The van der Waals surface area contributed by atoms with Crippen molar-refractivity contribution in [1.29, 1.82) is 0 Å². The van der Waals surface area contributed by atoms with Crippen molar-refractivity contribution in [3.63, 3.8) is 0 Å². The highest BCUT2D eigenvalue weighted by atomic mass is 16.5. The summed E-state index contributed by atoms with van der Waals surface area (Å²) in [7, 11) is 0. The summed E-state index contributed by atoms with van der Waals surface area (Å²) in [5.74, 6) is -0.566. The number of aromatic nitrogens is 1. The quantitative estimate of drug-likeness (QED) is 0.863. The number of carbonyl (C=O) groups is 2. The lowest BCUT2D eigenvalue weighted by Crippen LogP contribution is -2.31. The van der Waals surface area contributed by atoms with Gasteiger partial charge in [0, 0.05) is 18.5 Å². The van der Waals surface area contributed by atoms with Gasteiger partial charge < -0.3 is 10.1 Å². The zero-order valence-electron chi connectivity index (χ0n) is 11.4. The van der Waals surface area contributed by atoms with Crippen molar-refractivity contribution in [3.8, 4) is 0 Å². The van der Waals surface area contributed by atoms with Crippen LogP contribution in [0.3, 0.4) is 0 Å². The van der Waals surface area contributed by atoms with Crippen LogP contribution in [0, 0.1) is 0 Å². The van der Waals surface area contributed by atoms with E-state index >= 15 is 0 Å². The van der Waals surface area contributed by atoms with Crippen LogP contribution in [-0.2, 0) is 9.53 Å². The minimum Gasteiger partial charge on any atom is -0.457 e. The number of rotatable bonds is 4. The van der Waals surface area contributed by atoms with Crippen molar-refractivity contribution in [2.75, 3.05) is 6.54 Å². The molecule has 1 atom stereocenters. The van der Waals surface area contributed by atoms with Gasteiger partial charge in [-0.3, -0.25) is 9.78 Å². The number of nitrogens with one attached hydrogen (secondary N) is 1. The van der Waals surface area contributed by atoms with E-state index in [2.05, 4.69) is 10.3 Å². The summed E-state index contributed by atoms with van der Waals surface area (Å²) in [5, 5.41) is 3.37. The van der Waals surface area contributed by atoms with Crippen LogP contribution in [0.2, 0.25) is 0 Å². The third-order valence-electron chi connectivity index (χ3n) is 2.81. The van der Waals surface area contributed by atoms with Crippen LogP contribution >= 0.6 is 0 Å². The molecule has 0 saturated carbocycles. The molecular weight excluding hydrogens is 256 g/mol. The molecule has 5 heteroatoms. The van der Waals surface area contributed by atoms with Crippen molar-refractivity contribution in [1.82, 2.24) is 10.3 Å². The van der Waals surface area contributed by atoms with Crippen LogP contribution < -0.4 is 5.32 Å². The fourth-order valence-corrected chi connectivity index (χ4v) is 1.86. The number of pyridine rings is 1. The van der Waals surface area contributed by atoms with E-state index in [-0.39, 0.29) is 5.91 Å². The Kier molecular flexibility index (Phi) is 4.30. The molecule has 20 heavy (non-hydrogen) atoms. The molecule has 104 valence electrons. The Hall–Kier alpha value is -2.43. The maximum Gasteiger partial charge on any atom is 0.339 e. The number of nitrogens with zero attached hydrogens (tertiary/aromatic N) is 1. The summed E-state index contributed by atoms with van der Waals surface area (Å²) in [6, 6.07) is 8.92. The average Bonchev–Trinajstić information content (AvgIpc) is 2.44. The van der Waals surface area contributed by atoms with Gasteiger partial charge in [-0.25, -0.2) is 4.79 Å². The highest BCUT2D eigenvalue weighted by Gasteiger charge is 2.15. The molecule has 2 rings (SSSR count). The van der Waals surface area contributed by atoms with Gasteiger partial charge in [0.05, 0.1) is 17.6 Å². The Balaban J connectivity index is 2.13. The molecule has 0 fully saturated rings. The van der Waals surface area contributed by atoms with E-state index in [1.54, 1.807) is 31.3 Å². The number of hydrogen-bond donors (Lipinski definition) is 1. The average molecular weight is 272 g/mol. The summed E-state index contributed by atoms with van der Waals surface area (Å²) in [4.78, 5) is 27.2. The van der Waals surface area contributed by atoms with E-state index in [1.165, 1.54) is 6.92 Å². The molecule has 2 aromatic rings. The monoisotopic (exact) mass is 272 g/mol. The zero-order chi connectivity index (χ0) is 14.5. The lowest BCUT2D eigenvalue weighted by atomic mass is 10.1. The van der Waals surface area contributed by atoms with Crippen LogP contribution in [0.1, 0.15) is 24.2 Å². The second-order valence-corrected chi connectivity index (χ2v) is 4.53. The molecule has 1 aromatic carbocycles. The fourth-order valence-electron chi connectivity index (χ4n) is 1.86. The normalized spacial score (nSPS) is 11.9. The first-order valence-corrected chi connectivity index (χ1v) is 6.37. The van der Waals surface area contributed by atoms with Crippen LogP contribution in [-0.4, -0.2) is 29.5 Å². The van der Waals surface area contributed by atoms with Gasteiger partial charge in [-0.15, -0.1) is 0 Å². The summed E-state index contributed by atoms with van der Waals surface area (Å²) in [5.41, 5.74) is 1.22. The smallest absolute Gasteiger partial charge is 0.339 e. The van der Waals surface area contributed by atoms with E-state index in [4.69, 9.17) is 4.74 Å². The molecule has 0 spiro atoms. The standard InChI is InChI=1S/C15H16N2O3/c1-10(9-17-11(2)18)20-15(19)13-5-3-7-14-12(13)6-4-8-16-14/h3-8,10H,9H2,1-2H3,(H,17,18)/t10-/m0/s1. The van der Waals surface area contributed by atoms with E-state index in [0.717, 1.165) is 10.9 Å². The number of carbonyl (C=O) groups excluding carboxylic acids is 2. The second kappa shape index (κ2) is 6.14. The Bertz CT molecular complexity index is 635. The van der Waals surface area contributed by atoms with Gasteiger partial charge in [-0.2, -0.15) is 0 Å². The summed E-state index contributed by atoms with van der Waals surface area (Å²) in [6.45, 7) is 3.45. The SMILES string of the molecule is CC(=O)NC[C@H](C)OC(=O)c1cccc2ncccc12. The Morgan fingerprint density at radius 1 is 1.30 bits per heavy atom. The largest absolute Gasteiger partial charge is 0.457 e. The maximum absolute atomic E-state index is 12.2. The van der Waals surface area contributed by atoms with Gasteiger partial charge in [0.1, 0.15) is 6.10 Å². The minimum absolute atomic E-state index is 0.151. The highest BCUT2D eigenvalue weighted by Crippen LogP contribution is 2.17. The number of esters is 1. The second-order valence-electron chi connectivity index (χ2n) is 4.53. The Morgan fingerprint density at radius 2 is 2.10 bits per heavy atom. The highest BCUT2D eigenvalue weighted by molar-refractivity contribution is 6.03. The third kappa shape index (κ3) is 3.32. The van der Waals surface area contributed by atoms with Crippen LogP contribution in [0.15, 0.2) is 36.5 Å². The van der Waals surface area contributed by atoms with E-state index in [9.17, 15) is 9.59 Å². The molecule has 0 radical (unpaired) electrons. The van der Waals surface area contributed by atoms with Gasteiger partial charge in [0.25, 0.3) is 0 Å². The third-order valence-corrected chi connectivity index (χ3v) is 2.81. The first-order chi connectivity index (χ1) is 9.58. The number of hydrogen-bond acceptors (Lipinski definition) is 4. The molecule has 0 saturated heterocycles. The number of fused-ring (bicyclic) bond motifs is 1. The summed E-state index contributed by atoms with van der Waals surface area (Å²) >= 11 is 0. The summed E-state index contributed by atoms with van der Waals surface area (Å²) < 4.78 is 5.31. The van der Waals surface area contributed by atoms with Crippen molar-refractivity contribution in [3.05, 3.63) is 42.1 Å². The van der Waals surface area contributed by atoms with Gasteiger partial charge in [0.15, 0.2) is 0 Å². The molecule has 5 nitrogen and oxygen atoms in total. The predicted octanol–water partition coefficient (Wildman–Crippen LogP) is 1.92. The van der Waals surface area contributed by atoms with Crippen LogP contribution in [0.4, 0.5) is 0 Å². The molecule has 0 aliphatic rings. The van der Waals surface area contributed by atoms with Gasteiger partial charge in [0.2, 0.25) is 5.91 Å². The molecule has 1 amide bonds. The van der Waals surface area contributed by atoms with Crippen molar-refractivity contribution in [2.24, 2.45) is 0 Å². The number of ether oxygens (including phenoxy) is 1. The molecule has 0 bridgehead atoms. The zero-order valence-corrected chi connectivity index (χ0v) is 11.4. The molecular formula is C15H16N2O3. The first-order valence-electron chi connectivity index (χ1n) is 6.37. The molecule has 0 unspecified atom stereocenters. The molecule has 1 N–H and O–H groups in total. The Morgan fingerprint density at radius 3 is 2.85 bits per heavy atom. The number of amides is 1. The van der Waals surface area contributed by atoms with Gasteiger partial charge >= 0.3 is 5.97 Å². The van der Waals surface area contributed by atoms with Crippen LogP contribution in [0.25, 0.3) is 10.9 Å². The Labute approximate surface area is 117 Å². The maximum atomic E-state index is 12.2. The molecule has 1 aromatic heterocycles. The topological polar surface area (TPSA) is 68.3 Å². The lowest BCUT2D eigenvalue weighted by molar-refractivity contribution is -0.119. The summed E-state index contributed by atoms with van der Waals surface area (Å²) in [6.07, 6.45) is 1.29. The van der Waals surface area contributed by atoms with Crippen molar-refractivity contribution in [2.45, 2.75) is 20.0 Å². The van der Waals surface area contributed by atoms with Crippen molar-refractivity contribution < 1.29 is 14.3 Å². The predicted molar refractivity (Wildman–Crippen MR) is 75.3 cm³/mol. The molecule has 0 aliphatic heterocycles. The van der Waals surface area contributed by atoms with Crippen molar-refractivity contribution >= 4 is 22.8 Å². The van der Waals surface area contributed by atoms with Crippen LogP contribution in [0.5, 0.6) is 0 Å². The minimum atomic E-state index is -0.415.